The molecule has 100 valence electrons. The van der Waals surface area contributed by atoms with Gasteiger partial charge in [-0.1, -0.05) is 50.1 Å². The van der Waals surface area contributed by atoms with E-state index in [1.54, 1.807) is 6.07 Å². The molecule has 0 aliphatic heterocycles. The number of hydrogen-bond donors (Lipinski definition) is 1. The summed E-state index contributed by atoms with van der Waals surface area (Å²) >= 11 is 6.70. The molecule has 0 aliphatic rings. The van der Waals surface area contributed by atoms with Gasteiger partial charge in [0.25, 0.3) is 0 Å². The predicted octanol–water partition coefficient (Wildman–Crippen LogP) is 4.43. The van der Waals surface area contributed by atoms with Crippen LogP contribution in [0.3, 0.4) is 0 Å². The second-order valence-electron chi connectivity index (χ2n) is 3.97. The van der Waals surface area contributed by atoms with Crippen molar-refractivity contribution >= 4 is 31.9 Å². The molecule has 19 heavy (non-hydrogen) atoms. The van der Waals surface area contributed by atoms with Crippen molar-refractivity contribution in [1.29, 1.82) is 0 Å². The molecule has 0 saturated carbocycles. The summed E-state index contributed by atoms with van der Waals surface area (Å²) in [5.41, 5.74) is 6.68. The fourth-order valence-corrected chi connectivity index (χ4v) is 2.72. The number of ether oxygens (including phenoxy) is 1. The molecule has 2 aromatic rings. The number of nitrogens with two attached hydrogens (primary N) is 1. The molecular formula is C14H12Br2FNO. The monoisotopic (exact) mass is 387 g/mol. The molecule has 2 aromatic carbocycles. The van der Waals surface area contributed by atoms with Crippen LogP contribution in [-0.2, 0) is 0 Å². The van der Waals surface area contributed by atoms with Crippen molar-refractivity contribution in [1.82, 2.24) is 0 Å². The second kappa shape index (κ2) is 6.50. The van der Waals surface area contributed by atoms with E-state index in [0.29, 0.717) is 16.8 Å². The lowest BCUT2D eigenvalue weighted by Gasteiger charge is -2.19. The quantitative estimate of drug-likeness (QED) is 0.840. The molecule has 5 heteroatoms. The summed E-state index contributed by atoms with van der Waals surface area (Å²) in [7, 11) is 0. The summed E-state index contributed by atoms with van der Waals surface area (Å²) in [5.74, 6) is 0.0883. The molecule has 0 spiro atoms. The third-order valence-electron chi connectivity index (χ3n) is 2.58. The van der Waals surface area contributed by atoms with Crippen LogP contribution in [0.4, 0.5) is 4.39 Å². The highest BCUT2D eigenvalue weighted by atomic mass is 79.9. The highest BCUT2D eigenvalue weighted by molar-refractivity contribution is 9.10. The van der Waals surface area contributed by atoms with Gasteiger partial charge in [0.15, 0.2) is 0 Å². The van der Waals surface area contributed by atoms with Gasteiger partial charge in [-0.25, -0.2) is 4.39 Å². The lowest BCUT2D eigenvalue weighted by Crippen LogP contribution is -2.19. The minimum atomic E-state index is -0.354. The molecule has 0 bridgehead atoms. The van der Waals surface area contributed by atoms with Gasteiger partial charge in [-0.05, 0) is 18.2 Å². The Morgan fingerprint density at radius 3 is 2.53 bits per heavy atom. The lowest BCUT2D eigenvalue weighted by molar-refractivity contribution is 0.212. The molecule has 0 amide bonds. The zero-order chi connectivity index (χ0) is 13.8. The van der Waals surface area contributed by atoms with Crippen LogP contribution in [-0.4, -0.2) is 6.54 Å². The van der Waals surface area contributed by atoms with E-state index in [1.165, 1.54) is 12.1 Å². The van der Waals surface area contributed by atoms with Gasteiger partial charge < -0.3 is 10.5 Å². The Balaban J connectivity index is 2.26. The fraction of sp³-hybridized carbons (Fsp3) is 0.143. The maximum Gasteiger partial charge on any atom is 0.137 e. The molecule has 0 radical (unpaired) electrons. The molecular weight excluding hydrogens is 377 g/mol. The van der Waals surface area contributed by atoms with E-state index in [9.17, 15) is 4.39 Å². The SMILES string of the molecule is NCC(Oc1cc(F)cc(Br)c1)c1ccccc1Br. The Kier molecular flexibility index (Phi) is 4.96. The van der Waals surface area contributed by atoms with Gasteiger partial charge >= 0.3 is 0 Å². The van der Waals surface area contributed by atoms with Crippen molar-refractivity contribution in [3.63, 3.8) is 0 Å². The minimum absolute atomic E-state index is 0.302. The van der Waals surface area contributed by atoms with Crippen molar-refractivity contribution in [3.05, 3.63) is 62.8 Å². The molecule has 0 aromatic heterocycles. The number of halogens is 3. The summed E-state index contributed by atoms with van der Waals surface area (Å²) < 4.78 is 20.6. The molecule has 2 rings (SSSR count). The van der Waals surface area contributed by atoms with Gasteiger partial charge in [0.05, 0.1) is 0 Å². The van der Waals surface area contributed by atoms with Crippen LogP contribution in [0.5, 0.6) is 5.75 Å². The highest BCUT2D eigenvalue weighted by Gasteiger charge is 2.15. The van der Waals surface area contributed by atoms with Crippen molar-refractivity contribution < 1.29 is 9.13 Å². The fourth-order valence-electron chi connectivity index (χ4n) is 1.74. The zero-order valence-corrected chi connectivity index (χ0v) is 13.1. The Hall–Kier alpha value is -0.910. The summed E-state index contributed by atoms with van der Waals surface area (Å²) in [6, 6.07) is 12.1. The Labute approximate surface area is 128 Å². The predicted molar refractivity (Wildman–Crippen MR) is 80.7 cm³/mol. The van der Waals surface area contributed by atoms with E-state index in [1.807, 2.05) is 24.3 Å². The largest absolute Gasteiger partial charge is 0.484 e. The van der Waals surface area contributed by atoms with Crippen molar-refractivity contribution in [2.45, 2.75) is 6.10 Å². The Morgan fingerprint density at radius 1 is 1.16 bits per heavy atom. The second-order valence-corrected chi connectivity index (χ2v) is 5.74. The van der Waals surface area contributed by atoms with Crippen LogP contribution in [0.1, 0.15) is 11.7 Å². The van der Waals surface area contributed by atoms with Gasteiger partial charge in [0.2, 0.25) is 0 Å². The first-order valence-electron chi connectivity index (χ1n) is 5.67. The first-order chi connectivity index (χ1) is 9.10. The van der Waals surface area contributed by atoms with E-state index in [2.05, 4.69) is 31.9 Å². The molecule has 0 heterocycles. The molecule has 1 unspecified atom stereocenters. The van der Waals surface area contributed by atoms with E-state index >= 15 is 0 Å². The van der Waals surface area contributed by atoms with Crippen LogP contribution >= 0.6 is 31.9 Å². The van der Waals surface area contributed by atoms with Crippen LogP contribution in [0.25, 0.3) is 0 Å². The first-order valence-corrected chi connectivity index (χ1v) is 7.26. The van der Waals surface area contributed by atoms with E-state index in [0.717, 1.165) is 10.0 Å². The van der Waals surface area contributed by atoms with Crippen LogP contribution < -0.4 is 10.5 Å². The summed E-state index contributed by atoms with van der Waals surface area (Å²) in [4.78, 5) is 0. The summed E-state index contributed by atoms with van der Waals surface area (Å²) in [5, 5.41) is 0. The number of hydrogen-bond acceptors (Lipinski definition) is 2. The Morgan fingerprint density at radius 2 is 1.89 bits per heavy atom. The molecule has 2 N–H and O–H groups in total. The topological polar surface area (TPSA) is 35.2 Å². The molecule has 1 atom stereocenters. The van der Waals surface area contributed by atoms with Crippen molar-refractivity contribution in [2.24, 2.45) is 5.73 Å². The van der Waals surface area contributed by atoms with Gasteiger partial charge in [-0.15, -0.1) is 0 Å². The lowest BCUT2D eigenvalue weighted by atomic mass is 10.1. The number of benzene rings is 2. The van der Waals surface area contributed by atoms with Crippen molar-refractivity contribution in [3.8, 4) is 5.75 Å². The maximum absolute atomic E-state index is 13.3. The summed E-state index contributed by atoms with van der Waals surface area (Å²) in [6.07, 6.45) is -0.329. The number of rotatable bonds is 4. The van der Waals surface area contributed by atoms with Gasteiger partial charge in [0, 0.05) is 27.1 Å². The van der Waals surface area contributed by atoms with Crippen molar-refractivity contribution in [2.75, 3.05) is 6.54 Å². The third kappa shape index (κ3) is 3.78. The van der Waals surface area contributed by atoms with Gasteiger partial charge in [0.1, 0.15) is 17.7 Å². The molecule has 0 saturated heterocycles. The smallest absolute Gasteiger partial charge is 0.137 e. The molecule has 0 fully saturated rings. The van der Waals surface area contributed by atoms with Crippen LogP contribution in [0.2, 0.25) is 0 Å². The van der Waals surface area contributed by atoms with Crippen LogP contribution in [0, 0.1) is 5.82 Å². The average Bonchev–Trinajstić information content (AvgIpc) is 2.36. The summed E-state index contributed by atoms with van der Waals surface area (Å²) in [6.45, 7) is 0.302. The maximum atomic E-state index is 13.3. The third-order valence-corrected chi connectivity index (χ3v) is 3.76. The van der Waals surface area contributed by atoms with Gasteiger partial charge in [-0.3, -0.25) is 0 Å². The Bertz CT molecular complexity index is 557. The minimum Gasteiger partial charge on any atom is -0.484 e. The standard InChI is InChI=1S/C14H12Br2FNO/c15-9-5-10(17)7-11(6-9)19-14(8-18)12-3-1-2-4-13(12)16/h1-7,14H,8,18H2. The zero-order valence-electron chi connectivity index (χ0n) is 9.95. The van der Waals surface area contributed by atoms with Crippen LogP contribution in [0.15, 0.2) is 51.4 Å². The van der Waals surface area contributed by atoms with E-state index in [4.69, 9.17) is 10.5 Å². The van der Waals surface area contributed by atoms with E-state index in [-0.39, 0.29) is 11.9 Å². The molecule has 2 nitrogen and oxygen atoms in total. The normalized spacial score (nSPS) is 12.2. The van der Waals surface area contributed by atoms with E-state index < -0.39 is 0 Å². The average molecular weight is 389 g/mol. The first kappa shape index (κ1) is 14.5. The van der Waals surface area contributed by atoms with Gasteiger partial charge in [-0.2, -0.15) is 0 Å². The molecule has 0 aliphatic carbocycles. The highest BCUT2D eigenvalue weighted by Crippen LogP contribution is 2.29.